The molecule has 1 atom stereocenters. The minimum atomic E-state index is -1.49. The maximum Gasteiger partial charge on any atom is 0.338 e. The van der Waals surface area contributed by atoms with Crippen molar-refractivity contribution in [1.82, 2.24) is 0 Å². The van der Waals surface area contributed by atoms with Crippen LogP contribution in [0.15, 0.2) is 53.4 Å². The third-order valence-corrected chi connectivity index (χ3v) is 7.82. The highest BCUT2D eigenvalue weighted by molar-refractivity contribution is 8.00. The van der Waals surface area contributed by atoms with Gasteiger partial charge in [0.15, 0.2) is 0 Å². The smallest absolute Gasteiger partial charge is 0.338 e. The number of carbonyl (C=O) groups excluding carboxylic acids is 2. The van der Waals surface area contributed by atoms with Crippen LogP contribution in [0.25, 0.3) is 0 Å². The van der Waals surface area contributed by atoms with Crippen LogP contribution < -0.4 is 15.4 Å². The Morgan fingerprint density at radius 2 is 1.57 bits per heavy atom. The molecule has 0 saturated carbocycles. The van der Waals surface area contributed by atoms with E-state index in [1.807, 2.05) is 13.0 Å². The molecule has 2 amide bonds. The number of aromatic carboxylic acids is 1. The van der Waals surface area contributed by atoms with Crippen molar-refractivity contribution in [2.75, 3.05) is 17.2 Å². The lowest BCUT2D eigenvalue weighted by atomic mass is 10.1. The van der Waals surface area contributed by atoms with E-state index < -0.39 is 33.3 Å². The van der Waals surface area contributed by atoms with E-state index in [9.17, 15) is 19.5 Å². The van der Waals surface area contributed by atoms with Crippen molar-refractivity contribution in [1.29, 1.82) is 0 Å². The topological polar surface area (TPSA) is 105 Å². The van der Waals surface area contributed by atoms with Crippen LogP contribution >= 0.6 is 58.2 Å². The van der Waals surface area contributed by atoms with Gasteiger partial charge in [0.25, 0.3) is 5.91 Å². The molecule has 0 aliphatic carbocycles. The van der Waals surface area contributed by atoms with Crippen LogP contribution in [0.5, 0.6) is 5.75 Å². The van der Waals surface area contributed by atoms with E-state index in [2.05, 4.69) is 10.6 Å². The zero-order valence-electron chi connectivity index (χ0n) is 19.4. The predicted octanol–water partition coefficient (Wildman–Crippen LogP) is 7.77. The quantitative estimate of drug-likeness (QED) is 0.131. The van der Waals surface area contributed by atoms with Gasteiger partial charge in [0.2, 0.25) is 5.91 Å². The Bertz CT molecular complexity index is 1370. The molecule has 0 aliphatic heterocycles. The molecule has 0 aromatic heterocycles. The Kier molecular flexibility index (Phi) is 9.98. The van der Waals surface area contributed by atoms with Crippen LogP contribution in [0.2, 0.25) is 20.1 Å². The van der Waals surface area contributed by atoms with Crippen molar-refractivity contribution in [3.63, 3.8) is 0 Å². The van der Waals surface area contributed by atoms with Crippen molar-refractivity contribution >= 4 is 87.3 Å². The molecule has 0 fully saturated rings. The Labute approximate surface area is 237 Å². The van der Waals surface area contributed by atoms with Crippen LogP contribution in [0.4, 0.5) is 11.4 Å². The van der Waals surface area contributed by atoms with E-state index in [1.165, 1.54) is 11.8 Å². The van der Waals surface area contributed by atoms with E-state index in [1.54, 1.807) is 49.4 Å². The number of carboxylic acids is 1. The highest BCUT2D eigenvalue weighted by Gasteiger charge is 2.29. The molecule has 37 heavy (non-hydrogen) atoms. The summed E-state index contributed by atoms with van der Waals surface area (Å²) >= 11 is 25.4. The number of ether oxygens (including phenoxy) is 1. The normalized spacial score (nSPS) is 11.5. The Morgan fingerprint density at radius 3 is 2.22 bits per heavy atom. The molecule has 0 radical (unpaired) electrons. The number of rotatable bonds is 9. The van der Waals surface area contributed by atoms with Gasteiger partial charge in [-0.25, -0.2) is 4.79 Å². The van der Waals surface area contributed by atoms with Gasteiger partial charge in [-0.2, -0.15) is 0 Å². The third-order valence-electron chi connectivity index (χ3n) is 4.93. The van der Waals surface area contributed by atoms with Crippen molar-refractivity contribution < 1.29 is 24.2 Å². The molecule has 0 aliphatic rings. The summed E-state index contributed by atoms with van der Waals surface area (Å²) in [5, 5.41) is 13.3. The van der Waals surface area contributed by atoms with E-state index in [4.69, 9.17) is 51.1 Å². The Morgan fingerprint density at radius 1 is 0.919 bits per heavy atom. The molecule has 0 saturated heterocycles. The van der Waals surface area contributed by atoms with Crippen molar-refractivity contribution in [3.8, 4) is 5.75 Å². The summed E-state index contributed by atoms with van der Waals surface area (Å²) in [6.07, 6.45) is 0. The molecule has 3 rings (SSSR count). The molecule has 3 aromatic rings. The number of para-hydroxylation sites is 2. The summed E-state index contributed by atoms with van der Waals surface area (Å²) in [5.41, 5.74) is -0.0952. The van der Waals surface area contributed by atoms with Gasteiger partial charge < -0.3 is 20.5 Å². The number of hydrogen-bond acceptors (Lipinski definition) is 5. The van der Waals surface area contributed by atoms with Crippen molar-refractivity contribution in [3.05, 3.63) is 79.7 Å². The van der Waals surface area contributed by atoms with Gasteiger partial charge in [-0.05, 0) is 44.2 Å². The number of carboxylic acid groups (broad SMARTS) is 1. The monoisotopic (exact) mass is 600 g/mol. The first-order valence-electron chi connectivity index (χ1n) is 10.7. The number of amides is 2. The lowest BCUT2D eigenvalue weighted by molar-refractivity contribution is -0.115. The predicted molar refractivity (Wildman–Crippen MR) is 149 cm³/mol. The fourth-order valence-electron chi connectivity index (χ4n) is 3.23. The second kappa shape index (κ2) is 12.8. The highest BCUT2D eigenvalue weighted by atomic mass is 35.5. The molecule has 7 nitrogen and oxygen atoms in total. The average molecular weight is 602 g/mol. The molecule has 3 aromatic carbocycles. The van der Waals surface area contributed by atoms with E-state index in [0.717, 1.165) is 0 Å². The first kappa shape index (κ1) is 28.9. The van der Waals surface area contributed by atoms with Gasteiger partial charge in [-0.1, -0.05) is 64.6 Å². The summed E-state index contributed by atoms with van der Waals surface area (Å²) in [6.45, 7) is 4.06. The summed E-state index contributed by atoms with van der Waals surface area (Å²) < 4.78 is 5.55. The number of halogens is 4. The SMILES string of the molecule is CCOc1ccccc1NC(=O)C(C)Sc1cccc(NC(=O)c2c(Cl)c(Cl)c(Cl)c(Cl)c2C(=O)O)c1. The first-order valence-corrected chi connectivity index (χ1v) is 13.1. The van der Waals surface area contributed by atoms with Crippen LogP contribution in [0.3, 0.4) is 0 Å². The molecule has 0 heterocycles. The largest absolute Gasteiger partial charge is 0.492 e. The molecule has 12 heteroatoms. The number of anilines is 2. The second-order valence-electron chi connectivity index (χ2n) is 7.47. The Balaban J connectivity index is 1.77. The first-order chi connectivity index (χ1) is 17.5. The number of carbonyl (C=O) groups is 3. The highest BCUT2D eigenvalue weighted by Crippen LogP contribution is 2.42. The van der Waals surface area contributed by atoms with E-state index >= 15 is 0 Å². The molecular formula is C25H20Cl4N2O5S. The van der Waals surface area contributed by atoms with Crippen molar-refractivity contribution in [2.24, 2.45) is 0 Å². The maximum atomic E-state index is 13.0. The van der Waals surface area contributed by atoms with Crippen molar-refractivity contribution in [2.45, 2.75) is 24.0 Å². The fraction of sp³-hybridized carbons (Fsp3) is 0.160. The molecule has 3 N–H and O–H groups in total. The molecule has 194 valence electrons. The summed E-state index contributed by atoms with van der Waals surface area (Å²) in [5.74, 6) is -2.01. The molecular weight excluding hydrogens is 582 g/mol. The minimum absolute atomic E-state index is 0.237. The Hall–Kier alpha value is -2.62. The number of hydrogen-bond donors (Lipinski definition) is 3. The minimum Gasteiger partial charge on any atom is -0.492 e. The number of nitrogens with one attached hydrogen (secondary N) is 2. The maximum absolute atomic E-state index is 13.0. The average Bonchev–Trinajstić information content (AvgIpc) is 2.85. The lowest BCUT2D eigenvalue weighted by Crippen LogP contribution is -2.22. The standard InChI is InChI=1S/C25H20Cl4N2O5S/c1-3-36-16-10-5-4-9-15(16)31-23(32)12(2)37-14-8-6-7-13(11-14)30-24(33)17-18(25(34)35)20(27)22(29)21(28)19(17)26/h4-12H,3H2,1-2H3,(H,30,33)(H,31,32)(H,34,35). The van der Waals surface area contributed by atoms with Crippen LogP contribution in [-0.2, 0) is 4.79 Å². The molecule has 0 spiro atoms. The summed E-state index contributed by atoms with van der Waals surface area (Å²) in [4.78, 5) is 38.2. The summed E-state index contributed by atoms with van der Waals surface area (Å²) in [6, 6.07) is 13.8. The van der Waals surface area contributed by atoms with Crippen LogP contribution in [0.1, 0.15) is 34.6 Å². The van der Waals surface area contributed by atoms with Gasteiger partial charge in [0, 0.05) is 10.6 Å². The molecule has 0 bridgehead atoms. The number of benzene rings is 3. The number of thioether (sulfide) groups is 1. The van der Waals surface area contributed by atoms with E-state index in [0.29, 0.717) is 28.6 Å². The summed E-state index contributed by atoms with van der Waals surface area (Å²) in [7, 11) is 0. The lowest BCUT2D eigenvalue weighted by Gasteiger charge is -2.16. The van der Waals surface area contributed by atoms with E-state index in [-0.39, 0.29) is 21.0 Å². The van der Waals surface area contributed by atoms with Crippen LogP contribution in [0, 0.1) is 0 Å². The van der Waals surface area contributed by atoms with Gasteiger partial charge in [-0.15, -0.1) is 11.8 Å². The molecule has 1 unspecified atom stereocenters. The van der Waals surface area contributed by atoms with Gasteiger partial charge in [0.1, 0.15) is 5.75 Å². The fourth-order valence-corrected chi connectivity index (χ4v) is 5.18. The van der Waals surface area contributed by atoms with Gasteiger partial charge in [0.05, 0.1) is 48.8 Å². The third kappa shape index (κ3) is 6.83. The zero-order chi connectivity index (χ0) is 27.3. The van der Waals surface area contributed by atoms with Crippen LogP contribution in [-0.4, -0.2) is 34.7 Å². The van der Waals surface area contributed by atoms with Gasteiger partial charge in [-0.3, -0.25) is 9.59 Å². The zero-order valence-corrected chi connectivity index (χ0v) is 23.2. The van der Waals surface area contributed by atoms with Gasteiger partial charge >= 0.3 is 5.97 Å². The second-order valence-corrected chi connectivity index (χ2v) is 10.4.